The van der Waals surface area contributed by atoms with Gasteiger partial charge in [-0.1, -0.05) is 42.5 Å². The summed E-state index contributed by atoms with van der Waals surface area (Å²) in [6, 6.07) is 17.1. The van der Waals surface area contributed by atoms with Gasteiger partial charge in [-0.2, -0.15) is 0 Å². The molecule has 0 unspecified atom stereocenters. The van der Waals surface area contributed by atoms with Crippen molar-refractivity contribution in [2.24, 2.45) is 4.99 Å². The highest BCUT2D eigenvalue weighted by molar-refractivity contribution is 14.0. The number of hydrogen-bond acceptors (Lipinski definition) is 2. The SMILES string of the molecule is CCNC(=NCc1ccccc1)NCC1(c2cccc(F)c2)CCOCC1.I. The van der Waals surface area contributed by atoms with Gasteiger partial charge in [0, 0.05) is 31.7 Å². The van der Waals surface area contributed by atoms with Crippen LogP contribution in [0.3, 0.4) is 0 Å². The quantitative estimate of drug-likeness (QED) is 0.357. The molecule has 0 saturated carbocycles. The highest BCUT2D eigenvalue weighted by Gasteiger charge is 2.34. The fourth-order valence-electron chi connectivity index (χ4n) is 3.50. The second-order valence-electron chi connectivity index (χ2n) is 6.94. The molecule has 6 heteroatoms. The van der Waals surface area contributed by atoms with E-state index in [1.807, 2.05) is 24.3 Å². The number of nitrogens with one attached hydrogen (secondary N) is 2. The van der Waals surface area contributed by atoms with Crippen LogP contribution in [-0.4, -0.2) is 32.3 Å². The number of benzene rings is 2. The van der Waals surface area contributed by atoms with E-state index in [1.165, 1.54) is 11.6 Å². The van der Waals surface area contributed by atoms with Crippen LogP contribution in [0, 0.1) is 5.82 Å². The largest absolute Gasteiger partial charge is 0.381 e. The molecule has 1 heterocycles. The third-order valence-corrected chi connectivity index (χ3v) is 5.09. The monoisotopic (exact) mass is 497 g/mol. The van der Waals surface area contributed by atoms with Gasteiger partial charge in [0.05, 0.1) is 6.54 Å². The molecule has 0 spiro atoms. The molecule has 0 bridgehead atoms. The molecular weight excluding hydrogens is 468 g/mol. The van der Waals surface area contributed by atoms with Crippen molar-refractivity contribution in [2.75, 3.05) is 26.3 Å². The zero-order valence-electron chi connectivity index (χ0n) is 16.3. The van der Waals surface area contributed by atoms with Crippen LogP contribution < -0.4 is 10.6 Å². The molecule has 1 fully saturated rings. The lowest BCUT2D eigenvalue weighted by Crippen LogP contribution is -2.48. The van der Waals surface area contributed by atoms with Gasteiger partial charge < -0.3 is 15.4 Å². The van der Waals surface area contributed by atoms with E-state index in [2.05, 4.69) is 29.7 Å². The summed E-state index contributed by atoms with van der Waals surface area (Å²) in [5.74, 6) is 0.589. The molecule has 0 atom stereocenters. The summed E-state index contributed by atoms with van der Waals surface area (Å²) in [4.78, 5) is 4.70. The van der Waals surface area contributed by atoms with Crippen LogP contribution >= 0.6 is 24.0 Å². The van der Waals surface area contributed by atoms with E-state index in [0.717, 1.165) is 30.9 Å². The third-order valence-electron chi connectivity index (χ3n) is 5.09. The third kappa shape index (κ3) is 6.17. The van der Waals surface area contributed by atoms with Crippen molar-refractivity contribution < 1.29 is 9.13 Å². The lowest BCUT2D eigenvalue weighted by Gasteiger charge is -2.38. The molecule has 2 aromatic rings. The van der Waals surface area contributed by atoms with Crippen LogP contribution in [0.1, 0.15) is 30.9 Å². The maximum atomic E-state index is 13.8. The second-order valence-corrected chi connectivity index (χ2v) is 6.94. The number of hydrogen-bond donors (Lipinski definition) is 2. The highest BCUT2D eigenvalue weighted by Crippen LogP contribution is 2.34. The van der Waals surface area contributed by atoms with Gasteiger partial charge in [0.15, 0.2) is 5.96 Å². The Balaban J connectivity index is 0.00000280. The number of rotatable bonds is 6. The summed E-state index contributed by atoms with van der Waals surface area (Å²) in [5, 5.41) is 6.79. The van der Waals surface area contributed by atoms with Crippen molar-refractivity contribution in [3.8, 4) is 0 Å². The summed E-state index contributed by atoms with van der Waals surface area (Å²) < 4.78 is 19.4. The number of aliphatic imine (C=N–C) groups is 1. The molecule has 152 valence electrons. The molecule has 0 radical (unpaired) electrons. The standard InChI is InChI=1S/C22H28FN3O.HI/c1-2-24-21(25-16-18-7-4-3-5-8-18)26-17-22(11-13-27-14-12-22)19-9-6-10-20(23)15-19;/h3-10,15H,2,11-14,16-17H2,1H3,(H2,24,25,26);1H. The molecular formula is C22H29FIN3O. The first-order valence-electron chi connectivity index (χ1n) is 9.62. The molecule has 0 amide bonds. The van der Waals surface area contributed by atoms with Crippen molar-refractivity contribution in [2.45, 2.75) is 31.7 Å². The second kappa shape index (κ2) is 11.4. The van der Waals surface area contributed by atoms with Gasteiger partial charge in [-0.15, -0.1) is 24.0 Å². The fourth-order valence-corrected chi connectivity index (χ4v) is 3.50. The predicted molar refractivity (Wildman–Crippen MR) is 123 cm³/mol. The van der Waals surface area contributed by atoms with Crippen LogP contribution in [0.5, 0.6) is 0 Å². The Hall–Kier alpha value is -1.67. The molecule has 0 aromatic heterocycles. The van der Waals surface area contributed by atoms with Gasteiger partial charge in [0.2, 0.25) is 0 Å². The lowest BCUT2D eigenvalue weighted by atomic mass is 9.74. The molecule has 1 saturated heterocycles. The first-order valence-corrected chi connectivity index (χ1v) is 9.62. The van der Waals surface area contributed by atoms with E-state index in [9.17, 15) is 4.39 Å². The predicted octanol–water partition coefficient (Wildman–Crippen LogP) is 4.25. The summed E-state index contributed by atoms with van der Waals surface area (Å²) in [7, 11) is 0. The Morgan fingerprint density at radius 1 is 1.07 bits per heavy atom. The Morgan fingerprint density at radius 3 is 2.50 bits per heavy atom. The van der Waals surface area contributed by atoms with Crippen LogP contribution in [0.15, 0.2) is 59.6 Å². The van der Waals surface area contributed by atoms with Crippen molar-refractivity contribution in [1.82, 2.24) is 10.6 Å². The minimum absolute atomic E-state index is 0. The summed E-state index contributed by atoms with van der Waals surface area (Å²) >= 11 is 0. The summed E-state index contributed by atoms with van der Waals surface area (Å²) in [6.45, 7) is 5.53. The molecule has 0 aliphatic carbocycles. The molecule has 4 nitrogen and oxygen atoms in total. The van der Waals surface area contributed by atoms with Gasteiger partial charge in [-0.25, -0.2) is 9.38 Å². The first-order chi connectivity index (χ1) is 13.2. The van der Waals surface area contributed by atoms with E-state index in [1.54, 1.807) is 12.1 Å². The lowest BCUT2D eigenvalue weighted by molar-refractivity contribution is 0.0513. The van der Waals surface area contributed by atoms with Crippen LogP contribution in [0.25, 0.3) is 0 Å². The van der Waals surface area contributed by atoms with Crippen LogP contribution in [-0.2, 0) is 16.7 Å². The number of ether oxygens (including phenoxy) is 1. The normalized spacial score (nSPS) is 16.1. The molecule has 2 aromatic carbocycles. The van der Waals surface area contributed by atoms with Crippen molar-refractivity contribution >= 4 is 29.9 Å². The van der Waals surface area contributed by atoms with Gasteiger partial charge in [0.25, 0.3) is 0 Å². The average molecular weight is 497 g/mol. The fraction of sp³-hybridized carbons (Fsp3) is 0.409. The van der Waals surface area contributed by atoms with Crippen molar-refractivity contribution in [3.05, 3.63) is 71.5 Å². The Morgan fingerprint density at radius 2 is 1.82 bits per heavy atom. The van der Waals surface area contributed by atoms with Gasteiger partial charge in [0.1, 0.15) is 5.82 Å². The number of guanidine groups is 1. The van der Waals surface area contributed by atoms with Crippen molar-refractivity contribution in [1.29, 1.82) is 0 Å². The van der Waals surface area contributed by atoms with Crippen molar-refractivity contribution in [3.63, 3.8) is 0 Å². The molecule has 2 N–H and O–H groups in total. The molecule has 28 heavy (non-hydrogen) atoms. The van der Waals surface area contributed by atoms with Crippen LogP contribution in [0.4, 0.5) is 4.39 Å². The smallest absolute Gasteiger partial charge is 0.191 e. The molecule has 1 aliphatic heterocycles. The molecule has 3 rings (SSSR count). The maximum Gasteiger partial charge on any atom is 0.191 e. The molecule has 1 aliphatic rings. The topological polar surface area (TPSA) is 45.7 Å². The zero-order chi connectivity index (χ0) is 19.0. The minimum Gasteiger partial charge on any atom is -0.381 e. The Labute approximate surface area is 184 Å². The van der Waals surface area contributed by atoms with Gasteiger partial charge >= 0.3 is 0 Å². The van der Waals surface area contributed by atoms with Gasteiger partial charge in [-0.05, 0) is 43.0 Å². The highest BCUT2D eigenvalue weighted by atomic mass is 127. The Bertz CT molecular complexity index is 748. The van der Waals surface area contributed by atoms with E-state index < -0.39 is 0 Å². The number of nitrogens with zero attached hydrogens (tertiary/aromatic N) is 1. The van der Waals surface area contributed by atoms with E-state index in [4.69, 9.17) is 9.73 Å². The summed E-state index contributed by atoms with van der Waals surface area (Å²) in [6.07, 6.45) is 1.73. The Kier molecular flexibility index (Phi) is 9.18. The first kappa shape index (κ1) is 22.6. The summed E-state index contributed by atoms with van der Waals surface area (Å²) in [5.41, 5.74) is 2.04. The minimum atomic E-state index is -0.192. The maximum absolute atomic E-state index is 13.8. The van der Waals surface area contributed by atoms with Crippen LogP contribution in [0.2, 0.25) is 0 Å². The number of halogens is 2. The van der Waals surface area contributed by atoms with E-state index in [0.29, 0.717) is 26.3 Å². The van der Waals surface area contributed by atoms with E-state index in [-0.39, 0.29) is 35.2 Å². The zero-order valence-corrected chi connectivity index (χ0v) is 18.6. The van der Waals surface area contributed by atoms with E-state index >= 15 is 0 Å². The average Bonchev–Trinajstić information content (AvgIpc) is 2.71. The van der Waals surface area contributed by atoms with Gasteiger partial charge in [-0.3, -0.25) is 0 Å².